The molecule has 28 heavy (non-hydrogen) atoms. The summed E-state index contributed by atoms with van der Waals surface area (Å²) in [4.78, 5) is 28.1. The molecule has 1 atom stereocenters. The highest BCUT2D eigenvalue weighted by atomic mass is 35.5. The van der Waals surface area contributed by atoms with E-state index in [0.717, 1.165) is 36.5 Å². The number of primary amides is 1. The van der Waals surface area contributed by atoms with Crippen molar-refractivity contribution >= 4 is 28.2 Å². The number of anilines is 1. The van der Waals surface area contributed by atoms with Gasteiger partial charge < -0.3 is 32.9 Å². The van der Waals surface area contributed by atoms with Crippen molar-refractivity contribution in [3.8, 4) is 11.5 Å². The summed E-state index contributed by atoms with van der Waals surface area (Å²) >= 11 is 1.42. The van der Waals surface area contributed by atoms with Crippen molar-refractivity contribution in [3.05, 3.63) is 40.3 Å². The number of para-hydroxylation sites is 2. The molecule has 0 aliphatic carbocycles. The summed E-state index contributed by atoms with van der Waals surface area (Å²) in [6, 6.07) is 7.21. The van der Waals surface area contributed by atoms with E-state index in [4.69, 9.17) is 15.2 Å². The number of benzene rings is 1. The third-order valence-corrected chi connectivity index (χ3v) is 6.00. The fourth-order valence-electron chi connectivity index (χ4n) is 3.42. The lowest BCUT2D eigenvalue weighted by molar-refractivity contribution is -0.125. The van der Waals surface area contributed by atoms with E-state index in [-0.39, 0.29) is 24.9 Å². The van der Waals surface area contributed by atoms with E-state index in [2.05, 4.69) is 17.1 Å². The number of hydrogen-bond donors (Lipinski definition) is 2. The van der Waals surface area contributed by atoms with Crippen LogP contribution in [0.2, 0.25) is 0 Å². The molecule has 2 amide bonds. The summed E-state index contributed by atoms with van der Waals surface area (Å²) in [5.41, 5.74) is 7.00. The van der Waals surface area contributed by atoms with Crippen LogP contribution < -0.4 is 32.9 Å². The molecule has 150 valence electrons. The van der Waals surface area contributed by atoms with Crippen LogP contribution >= 0.6 is 11.3 Å². The van der Waals surface area contributed by atoms with Crippen molar-refractivity contribution in [2.45, 2.75) is 26.0 Å². The number of fused-ring (bicyclic) bond motifs is 2. The quantitative estimate of drug-likeness (QED) is 0.659. The van der Waals surface area contributed by atoms with Gasteiger partial charge in [0, 0.05) is 18.0 Å². The second-order valence-electron chi connectivity index (χ2n) is 6.54. The fraction of sp³-hybridized carbons (Fsp3) is 0.368. The Hall–Kier alpha value is -2.29. The van der Waals surface area contributed by atoms with Crippen molar-refractivity contribution in [2.24, 2.45) is 5.73 Å². The Balaban J connectivity index is 0.00000225. The molecule has 2 aliphatic heterocycles. The first-order valence-electron chi connectivity index (χ1n) is 8.92. The van der Waals surface area contributed by atoms with Gasteiger partial charge in [0.15, 0.2) is 11.5 Å². The monoisotopic (exact) mass is 422 g/mol. The second kappa shape index (κ2) is 8.38. The SMILES string of the molecule is CCN1CCc2c(sc(NC(=O)C3COc4ccccc4O3)c2C(N)=O)C1.[Cl-]. The largest absolute Gasteiger partial charge is 1.00 e. The summed E-state index contributed by atoms with van der Waals surface area (Å²) in [6.45, 7) is 4.81. The van der Waals surface area contributed by atoms with Gasteiger partial charge in [-0.05, 0) is 30.7 Å². The van der Waals surface area contributed by atoms with E-state index >= 15 is 0 Å². The topological polar surface area (TPSA) is 93.9 Å². The summed E-state index contributed by atoms with van der Waals surface area (Å²) in [6.07, 6.45) is -0.0311. The molecule has 1 unspecified atom stereocenters. The third kappa shape index (κ3) is 3.80. The maximum atomic E-state index is 12.7. The molecule has 1 aromatic heterocycles. The Labute approximate surface area is 173 Å². The maximum absolute atomic E-state index is 12.7. The molecular weight excluding hydrogens is 402 g/mol. The zero-order valence-corrected chi connectivity index (χ0v) is 16.9. The lowest BCUT2D eigenvalue weighted by atomic mass is 10.0. The second-order valence-corrected chi connectivity index (χ2v) is 7.65. The van der Waals surface area contributed by atoms with Crippen LogP contribution in [0, 0.1) is 0 Å². The van der Waals surface area contributed by atoms with Crippen molar-refractivity contribution < 1.29 is 31.5 Å². The molecule has 0 saturated heterocycles. The highest BCUT2D eigenvalue weighted by molar-refractivity contribution is 7.17. The van der Waals surface area contributed by atoms with Crippen LogP contribution in [-0.4, -0.2) is 42.5 Å². The number of likely N-dealkylation sites (N-methyl/N-ethyl adjacent to an activating group) is 1. The highest BCUT2D eigenvalue weighted by Gasteiger charge is 2.31. The molecule has 0 spiro atoms. The molecule has 0 bridgehead atoms. The number of rotatable bonds is 4. The summed E-state index contributed by atoms with van der Waals surface area (Å²) in [7, 11) is 0. The number of ether oxygens (including phenoxy) is 2. The van der Waals surface area contributed by atoms with Gasteiger partial charge in [0.2, 0.25) is 6.10 Å². The molecule has 3 N–H and O–H groups in total. The van der Waals surface area contributed by atoms with Gasteiger partial charge in [-0.25, -0.2) is 0 Å². The van der Waals surface area contributed by atoms with E-state index in [0.29, 0.717) is 22.1 Å². The van der Waals surface area contributed by atoms with Crippen molar-refractivity contribution in [3.63, 3.8) is 0 Å². The zero-order chi connectivity index (χ0) is 19.0. The van der Waals surface area contributed by atoms with Crippen LogP contribution in [0.4, 0.5) is 5.00 Å². The lowest BCUT2D eigenvalue weighted by Crippen LogP contribution is -3.00. The standard InChI is InChI=1S/C19H21N3O4S.ClH/c1-2-22-8-7-11-15(9-22)27-19(16(11)17(20)23)21-18(24)14-10-25-12-5-3-4-6-13(12)26-14;/h3-6,14H,2,7-10H2,1H3,(H2,20,23)(H,21,24);1H/p-1. The molecular formula is C19H21ClN3O4S-. The fourth-order valence-corrected chi connectivity index (χ4v) is 4.71. The minimum atomic E-state index is -0.785. The number of amides is 2. The molecule has 9 heteroatoms. The average Bonchev–Trinajstić information content (AvgIpc) is 3.04. The Morgan fingerprint density at radius 3 is 2.79 bits per heavy atom. The van der Waals surface area contributed by atoms with Crippen LogP contribution in [0.1, 0.15) is 27.7 Å². The molecule has 4 rings (SSSR count). The Morgan fingerprint density at radius 2 is 2.07 bits per heavy atom. The van der Waals surface area contributed by atoms with Crippen LogP contribution in [0.15, 0.2) is 24.3 Å². The van der Waals surface area contributed by atoms with Crippen LogP contribution in [0.25, 0.3) is 0 Å². The summed E-state index contributed by atoms with van der Waals surface area (Å²) in [5.74, 6) is 0.283. The van der Waals surface area contributed by atoms with E-state index in [1.54, 1.807) is 12.1 Å². The Morgan fingerprint density at radius 1 is 1.32 bits per heavy atom. The maximum Gasteiger partial charge on any atom is 0.269 e. The Bertz CT molecular complexity index is 901. The number of nitrogens with one attached hydrogen (secondary N) is 1. The third-order valence-electron chi connectivity index (χ3n) is 4.87. The molecule has 0 radical (unpaired) electrons. The van der Waals surface area contributed by atoms with Gasteiger partial charge in [0.05, 0.1) is 5.56 Å². The smallest absolute Gasteiger partial charge is 0.269 e. The minimum Gasteiger partial charge on any atom is -1.00 e. The van der Waals surface area contributed by atoms with Crippen molar-refractivity contribution in [1.29, 1.82) is 0 Å². The highest BCUT2D eigenvalue weighted by Crippen LogP contribution is 2.37. The first-order valence-corrected chi connectivity index (χ1v) is 9.74. The number of hydrogen-bond acceptors (Lipinski definition) is 6. The van der Waals surface area contributed by atoms with Crippen molar-refractivity contribution in [2.75, 3.05) is 25.0 Å². The summed E-state index contributed by atoms with van der Waals surface area (Å²) < 4.78 is 11.3. The number of carbonyl (C=O) groups is 2. The molecule has 3 heterocycles. The molecule has 0 fully saturated rings. The van der Waals surface area contributed by atoms with Gasteiger partial charge in [-0.3, -0.25) is 14.5 Å². The normalized spacial score (nSPS) is 18.0. The van der Waals surface area contributed by atoms with Gasteiger partial charge in [0.25, 0.3) is 11.8 Å². The number of carbonyl (C=O) groups excluding carboxylic acids is 2. The molecule has 1 aromatic carbocycles. The molecule has 7 nitrogen and oxygen atoms in total. The van der Waals surface area contributed by atoms with Gasteiger partial charge >= 0.3 is 0 Å². The van der Waals surface area contributed by atoms with Gasteiger partial charge in [-0.15, -0.1) is 11.3 Å². The first-order chi connectivity index (χ1) is 13.1. The Kier molecular flexibility index (Phi) is 6.12. The lowest BCUT2D eigenvalue weighted by Gasteiger charge is -2.25. The number of nitrogens with two attached hydrogens (primary N) is 1. The van der Waals surface area contributed by atoms with Crippen LogP contribution in [-0.2, 0) is 17.8 Å². The predicted octanol–water partition coefficient (Wildman–Crippen LogP) is -0.992. The molecule has 0 saturated carbocycles. The van der Waals surface area contributed by atoms with E-state index in [9.17, 15) is 9.59 Å². The van der Waals surface area contributed by atoms with Crippen molar-refractivity contribution in [1.82, 2.24) is 4.90 Å². The zero-order valence-electron chi connectivity index (χ0n) is 15.4. The van der Waals surface area contributed by atoms with E-state index in [1.165, 1.54) is 11.3 Å². The van der Waals surface area contributed by atoms with Gasteiger partial charge in [0.1, 0.15) is 11.6 Å². The van der Waals surface area contributed by atoms with Gasteiger partial charge in [-0.1, -0.05) is 19.1 Å². The van der Waals surface area contributed by atoms with Gasteiger partial charge in [-0.2, -0.15) is 0 Å². The number of halogens is 1. The molecule has 2 aromatic rings. The number of thiophene rings is 1. The van der Waals surface area contributed by atoms with E-state index in [1.807, 2.05) is 12.1 Å². The van der Waals surface area contributed by atoms with Crippen LogP contribution in [0.5, 0.6) is 11.5 Å². The molecule has 2 aliphatic rings. The first kappa shape index (κ1) is 20.4. The summed E-state index contributed by atoms with van der Waals surface area (Å²) in [5, 5.41) is 3.34. The number of nitrogens with zero attached hydrogens (tertiary/aromatic N) is 1. The van der Waals surface area contributed by atoms with Crippen LogP contribution in [0.3, 0.4) is 0 Å². The average molecular weight is 423 g/mol. The van der Waals surface area contributed by atoms with E-state index < -0.39 is 12.0 Å². The predicted molar refractivity (Wildman–Crippen MR) is 102 cm³/mol. The minimum absolute atomic E-state index is 0.